The first-order chi connectivity index (χ1) is 13.4. The molecule has 0 radical (unpaired) electrons. The van der Waals surface area contributed by atoms with Crippen LogP contribution in [0.25, 0.3) is 0 Å². The van der Waals surface area contributed by atoms with Crippen LogP contribution < -0.4 is 0 Å². The van der Waals surface area contributed by atoms with Crippen LogP contribution in [-0.4, -0.2) is 20.9 Å². The van der Waals surface area contributed by atoms with Gasteiger partial charge in [0, 0.05) is 12.8 Å². The Labute approximate surface area is 166 Å². The van der Waals surface area contributed by atoms with Crippen LogP contribution in [-0.2, 0) is 19.7 Å². The molecule has 0 atom stereocenters. The molecule has 0 unspecified atom stereocenters. The van der Waals surface area contributed by atoms with Gasteiger partial charge in [-0.3, -0.25) is 0 Å². The van der Waals surface area contributed by atoms with Gasteiger partial charge in [-0.15, -0.1) is 0 Å². The second-order valence-electron chi connectivity index (χ2n) is 7.40. The maximum absolute atomic E-state index is 13.6. The summed E-state index contributed by atoms with van der Waals surface area (Å²) in [6, 6.07) is 15.8. The summed E-state index contributed by atoms with van der Waals surface area (Å²) in [5, 5.41) is 0. The molecule has 4 rings (SSSR count). The number of hydrogen-bond acceptors (Lipinski definition) is 4. The van der Waals surface area contributed by atoms with Crippen molar-refractivity contribution in [2.24, 2.45) is 5.92 Å². The van der Waals surface area contributed by atoms with Crippen molar-refractivity contribution in [2.75, 3.05) is 0 Å². The maximum atomic E-state index is 13.6. The Kier molecular flexibility index (Phi) is 4.79. The maximum Gasteiger partial charge on any atom is 0.199 e. The average Bonchev–Trinajstić information content (AvgIpc) is 3.44. The first kappa shape index (κ1) is 19.2. The summed E-state index contributed by atoms with van der Waals surface area (Å²) in [7, 11) is -8.27. The highest BCUT2D eigenvalue weighted by Gasteiger charge is 2.57. The molecule has 0 amide bonds. The second kappa shape index (κ2) is 7.01. The predicted octanol–water partition coefficient (Wildman–Crippen LogP) is 4.32. The first-order valence-corrected chi connectivity index (χ1v) is 12.3. The summed E-state index contributed by atoms with van der Waals surface area (Å²) in [6.07, 6.45) is 7.92. The monoisotopic (exact) mass is 414 g/mol. The summed E-state index contributed by atoms with van der Waals surface area (Å²) in [4.78, 5) is 0.0747. The molecular weight excluding hydrogens is 392 g/mol. The van der Waals surface area contributed by atoms with Crippen molar-refractivity contribution >= 4 is 19.7 Å². The van der Waals surface area contributed by atoms with Gasteiger partial charge < -0.3 is 0 Å². The smallest absolute Gasteiger partial charge is 0.199 e. The van der Waals surface area contributed by atoms with E-state index in [1.807, 2.05) is 6.08 Å². The molecule has 0 saturated heterocycles. The number of benzene rings is 2. The van der Waals surface area contributed by atoms with Gasteiger partial charge in [-0.1, -0.05) is 54.6 Å². The van der Waals surface area contributed by atoms with E-state index in [2.05, 4.69) is 6.08 Å². The van der Waals surface area contributed by atoms with E-state index in [0.29, 0.717) is 5.92 Å². The molecular formula is C22H22O4S2. The van der Waals surface area contributed by atoms with Crippen LogP contribution in [0.2, 0.25) is 0 Å². The highest BCUT2D eigenvalue weighted by Crippen LogP contribution is 2.47. The lowest BCUT2D eigenvalue weighted by atomic mass is 10.2. The molecule has 146 valence electrons. The minimum Gasteiger partial charge on any atom is -0.222 e. The highest BCUT2D eigenvalue weighted by atomic mass is 32.3. The molecule has 2 aliphatic rings. The van der Waals surface area contributed by atoms with Gasteiger partial charge in [0.1, 0.15) is 0 Å². The molecule has 2 aliphatic carbocycles. The fraction of sp³-hybridized carbons (Fsp3) is 0.273. The standard InChI is InChI=1S/C22H22O4S2/c23-27(24,20-7-3-1-4-8-20)22(28(25,26)21-9-5-2-6-10-21)16-15-19(17-22)14-13-18-11-12-18/h1-10,13-15,18H,11-12,16-17H2/b14-13-. The van der Waals surface area contributed by atoms with E-state index >= 15 is 0 Å². The van der Waals surface area contributed by atoms with E-state index in [0.717, 1.165) is 18.4 Å². The van der Waals surface area contributed by atoms with E-state index in [1.54, 1.807) is 42.5 Å². The molecule has 0 aliphatic heterocycles. The van der Waals surface area contributed by atoms with Crippen LogP contribution in [0.1, 0.15) is 25.7 Å². The highest BCUT2D eigenvalue weighted by molar-refractivity contribution is 8.10. The fourth-order valence-electron chi connectivity index (χ4n) is 3.60. The van der Waals surface area contributed by atoms with Crippen LogP contribution in [0.4, 0.5) is 0 Å². The van der Waals surface area contributed by atoms with Crippen molar-refractivity contribution in [3.8, 4) is 0 Å². The van der Waals surface area contributed by atoms with Crippen LogP contribution >= 0.6 is 0 Å². The third kappa shape index (κ3) is 3.14. The molecule has 1 fully saturated rings. The Balaban J connectivity index is 1.83. The summed E-state index contributed by atoms with van der Waals surface area (Å²) < 4.78 is 52.6. The summed E-state index contributed by atoms with van der Waals surface area (Å²) >= 11 is 0. The van der Waals surface area contributed by atoms with Crippen LogP contribution in [0, 0.1) is 5.92 Å². The van der Waals surface area contributed by atoms with Gasteiger partial charge in [0.25, 0.3) is 0 Å². The molecule has 28 heavy (non-hydrogen) atoms. The van der Waals surface area contributed by atoms with E-state index < -0.39 is 23.8 Å². The average molecular weight is 415 g/mol. The largest absolute Gasteiger partial charge is 0.222 e. The Morgan fingerprint density at radius 3 is 1.75 bits per heavy atom. The van der Waals surface area contributed by atoms with Gasteiger partial charge >= 0.3 is 0 Å². The van der Waals surface area contributed by atoms with Crippen LogP contribution in [0.15, 0.2) is 94.3 Å². The Bertz CT molecular complexity index is 1060. The Morgan fingerprint density at radius 2 is 1.29 bits per heavy atom. The van der Waals surface area contributed by atoms with E-state index in [4.69, 9.17) is 0 Å². The zero-order valence-electron chi connectivity index (χ0n) is 15.4. The quantitative estimate of drug-likeness (QED) is 0.706. The molecule has 0 N–H and O–H groups in total. The summed E-state index contributed by atoms with van der Waals surface area (Å²) in [5.74, 6) is 0.535. The molecule has 0 aromatic heterocycles. The number of hydrogen-bond donors (Lipinski definition) is 0. The number of allylic oxidation sites excluding steroid dienone is 4. The van der Waals surface area contributed by atoms with E-state index in [1.165, 1.54) is 24.3 Å². The van der Waals surface area contributed by atoms with Crippen molar-refractivity contribution in [3.63, 3.8) is 0 Å². The number of sulfone groups is 2. The van der Waals surface area contributed by atoms with Crippen LogP contribution in [0.3, 0.4) is 0 Å². The van der Waals surface area contributed by atoms with E-state index in [9.17, 15) is 16.8 Å². The third-order valence-electron chi connectivity index (χ3n) is 5.44. The summed E-state index contributed by atoms with van der Waals surface area (Å²) in [5.41, 5.74) is 0.769. The lowest BCUT2D eigenvalue weighted by Gasteiger charge is -2.29. The van der Waals surface area contributed by atoms with Crippen molar-refractivity contribution < 1.29 is 16.8 Å². The predicted molar refractivity (Wildman–Crippen MR) is 109 cm³/mol. The third-order valence-corrected chi connectivity index (χ3v) is 11.1. The molecule has 1 saturated carbocycles. The van der Waals surface area contributed by atoms with Gasteiger partial charge in [-0.05, 0) is 48.6 Å². The zero-order valence-corrected chi connectivity index (χ0v) is 17.0. The van der Waals surface area contributed by atoms with Crippen molar-refractivity contribution in [2.45, 2.75) is 39.6 Å². The fourth-order valence-corrected chi connectivity index (χ4v) is 8.54. The van der Waals surface area contributed by atoms with Crippen molar-refractivity contribution in [1.82, 2.24) is 0 Å². The van der Waals surface area contributed by atoms with Crippen molar-refractivity contribution in [3.05, 3.63) is 84.5 Å². The second-order valence-corrected chi connectivity index (χ2v) is 12.2. The zero-order chi connectivity index (χ0) is 19.8. The molecule has 2 aromatic carbocycles. The van der Waals surface area contributed by atoms with Gasteiger partial charge in [0.15, 0.2) is 23.8 Å². The Morgan fingerprint density at radius 1 is 0.786 bits per heavy atom. The minimum absolute atomic E-state index is 0.0370. The molecule has 0 heterocycles. The SMILES string of the molecule is O=S(=O)(c1ccccc1)C1(S(=O)(=O)c2ccccc2)CC=C(/C=C\C2CC2)C1. The summed E-state index contributed by atoms with van der Waals surface area (Å²) in [6.45, 7) is 0. The molecule has 4 nitrogen and oxygen atoms in total. The van der Waals surface area contributed by atoms with Crippen LogP contribution in [0.5, 0.6) is 0 Å². The van der Waals surface area contributed by atoms with Crippen molar-refractivity contribution in [1.29, 1.82) is 0 Å². The Hall–Kier alpha value is -2.18. The number of rotatable bonds is 6. The first-order valence-electron chi connectivity index (χ1n) is 9.33. The molecule has 2 aromatic rings. The minimum atomic E-state index is -4.14. The normalized spacial score (nSPS) is 19.6. The van der Waals surface area contributed by atoms with Gasteiger partial charge in [0.05, 0.1) is 9.79 Å². The molecule has 0 bridgehead atoms. The lowest BCUT2D eigenvalue weighted by Crippen LogP contribution is -2.44. The molecule has 0 spiro atoms. The van der Waals surface area contributed by atoms with Gasteiger partial charge in [-0.2, -0.15) is 0 Å². The van der Waals surface area contributed by atoms with Gasteiger partial charge in [0.2, 0.25) is 0 Å². The molecule has 6 heteroatoms. The lowest BCUT2D eigenvalue weighted by molar-refractivity contribution is 0.542. The topological polar surface area (TPSA) is 68.3 Å². The van der Waals surface area contributed by atoms with Gasteiger partial charge in [-0.25, -0.2) is 16.8 Å². The van der Waals surface area contributed by atoms with E-state index in [-0.39, 0.29) is 22.6 Å².